The Morgan fingerprint density at radius 2 is 0.921 bits per heavy atom. The number of aliphatic hydroxyl groups excluding tert-OH is 1. The van der Waals surface area contributed by atoms with Gasteiger partial charge in [-0.15, -0.1) is 0 Å². The molecule has 0 aliphatic carbocycles. The van der Waals surface area contributed by atoms with Gasteiger partial charge in [0.05, 0.1) is 115 Å². The number of methoxy groups -OCH3 is 1. The standard InChI is InChI=1S/2C14H20N4O3.C9H16O3.C9H14O3.C8H17O5P.C8H16O2.C7H8N4O2.C7H14O2.C5H8O2.CH3ClO2S.Al.Li.Na.H2.5H/c2*1-9-10(5-7-21-9)4-6-18-13(19)11-12(15-8-16(11)2)17(3)14(18)20;2*1-3-11-9(10)6-8-4-5-12-7(8)2;1-4-11-8(9)7-14(10,12-5-2)13-6-3;1-7-8(3-5-9-2)4-6-10-7;1-10-3-8-5-4(10)6(12)9-7(13)11(5)2;1-6-7(2-4-8)3-5-9-6;1-4-5(6)2-3-7-4;1-5(2,3)4;;;;;;;;;/h2*8-10H,4-7H2,1-3H3;7-8H,3-6H2,1-2H3;6-7H,3-5H2,1-2H3;4-7H2,1-3H3;7-8H,3-6H2,1-2H3;3H,1-2H3,(H,9,12,13);6-8H,2-5H2,1H3;4H,2-3H2,1H3;1H3;;;;1H;;;;;/q;;;;;;;;;;;2*+1;;;;;2*-1/b;;;8-6-;;;;;;;;;;;;;;;. The van der Waals surface area contributed by atoms with Gasteiger partial charge in [-0.2, -0.15) is 0 Å². The van der Waals surface area contributed by atoms with Crippen molar-refractivity contribution in [2.45, 2.75) is 216 Å². The maximum absolute atomic E-state index is 12.5. The van der Waals surface area contributed by atoms with Gasteiger partial charge in [0.15, 0.2) is 56.6 Å². The minimum atomic E-state index is -3.28. The summed E-state index contributed by atoms with van der Waals surface area (Å²) >= 11 is 0. The fourth-order valence-electron chi connectivity index (χ4n) is 14.3. The number of esters is 3. The third kappa shape index (κ3) is 39.6. The van der Waals surface area contributed by atoms with Crippen LogP contribution in [0.5, 0.6) is 0 Å². The number of H-pyrrole nitrogens is 1. The summed E-state index contributed by atoms with van der Waals surface area (Å²) in [6.07, 6.45) is 19.0. The van der Waals surface area contributed by atoms with E-state index in [0.717, 1.165) is 115 Å². The third-order valence-corrected chi connectivity index (χ3v) is 23.7. The molecule has 12 unspecified atom stereocenters. The first kappa shape index (κ1) is 119. The number of nitrogens with zero attached hydrogens (tertiary/aromatic N) is 11. The molecule has 7 saturated heterocycles. The first-order chi connectivity index (χ1) is 58.7. The SMILES string of the molecule is CC1OCCC1=O.CC1OCCC1CCO.CC1OCCC1CCn1c(=O)c2c(ncn2C)n(C)c1=O.CC1OCCC1CCn1c(=O)c2c(ncn2C)n(C)c1=O.CCOC(=O)/C=C1/CCOC1C.CCOC(=O)CC1CCOC1C.CCOC(=O)CP(=O)(OCC)OCC.COCCC1CCOC1C.CS(=O)(=O)Cl.Cn1cnc2c1c(=O)[nH]c(=O)n2C.[AlH3].[H-].[H-].[HH].[Li+].[Na+]. The average molecular weight is 1880 g/mol. The van der Waals surface area contributed by atoms with Gasteiger partial charge in [0, 0.05) is 133 Å². The molecule has 13 rings (SSSR count). The number of aliphatic hydroxyl groups is 1. The van der Waals surface area contributed by atoms with Crippen molar-refractivity contribution in [3.05, 3.63) is 93.1 Å². The van der Waals surface area contributed by atoms with Gasteiger partial charge in [-0.05, 0) is 182 Å². The van der Waals surface area contributed by atoms with Crippen LogP contribution in [0.2, 0.25) is 0 Å². The first-order valence-corrected chi connectivity index (χ1v) is 46.8. The average Bonchev–Trinajstić information content (AvgIpc) is 1.61. The summed E-state index contributed by atoms with van der Waals surface area (Å²) in [5.41, 5.74) is 1.64. The molecule has 6 aromatic rings. The second-order valence-electron chi connectivity index (χ2n) is 30.6. The van der Waals surface area contributed by atoms with Crippen LogP contribution in [0.4, 0.5) is 0 Å². The van der Waals surface area contributed by atoms with E-state index in [2.05, 4.69) is 49.2 Å². The molecule has 12 atom stereocenters. The van der Waals surface area contributed by atoms with Crippen LogP contribution < -0.4 is 82.2 Å². The second kappa shape index (κ2) is 61.3. The summed E-state index contributed by atoms with van der Waals surface area (Å²) < 4.78 is 109. The van der Waals surface area contributed by atoms with Crippen LogP contribution in [0.25, 0.3) is 33.5 Å². The van der Waals surface area contributed by atoms with E-state index in [0.29, 0.717) is 128 Å². The zero-order valence-corrected chi connectivity index (χ0v) is 82.4. The van der Waals surface area contributed by atoms with Crippen LogP contribution in [0.15, 0.2) is 59.4 Å². The normalized spacial score (nSPS) is 22.2. The molecule has 127 heavy (non-hydrogen) atoms. The Labute approximate surface area is 796 Å². The van der Waals surface area contributed by atoms with Crippen molar-refractivity contribution < 1.29 is 151 Å². The quantitative estimate of drug-likeness (QED) is 0.0213. The van der Waals surface area contributed by atoms with Crippen molar-refractivity contribution in [1.82, 2.24) is 56.5 Å². The number of fused-ring (bicyclic) bond motifs is 3. The molecule has 13 heterocycles. The number of aromatic nitrogens is 12. The van der Waals surface area contributed by atoms with Gasteiger partial charge in [-0.1, -0.05) is 0 Å². The molecule has 0 bridgehead atoms. The van der Waals surface area contributed by atoms with Crippen molar-refractivity contribution in [1.29, 1.82) is 0 Å². The summed E-state index contributed by atoms with van der Waals surface area (Å²) in [6.45, 7) is 31.9. The van der Waals surface area contributed by atoms with Crippen LogP contribution >= 0.6 is 18.3 Å². The fourth-order valence-corrected chi connectivity index (χ4v) is 15.7. The molecule has 45 heteroatoms. The fraction of sp³-hybridized carbons (Fsp3) is 0.744. The number of aromatic amines is 1. The molecular weight excluding hydrogens is 1740 g/mol. The van der Waals surface area contributed by atoms with E-state index in [1.807, 2.05) is 34.6 Å². The molecule has 0 radical (unpaired) electrons. The third-order valence-electron chi connectivity index (χ3n) is 21.7. The number of rotatable bonds is 23. The van der Waals surface area contributed by atoms with E-state index >= 15 is 0 Å². The van der Waals surface area contributed by atoms with Gasteiger partial charge in [-0.25, -0.2) is 42.5 Å². The summed E-state index contributed by atoms with van der Waals surface area (Å²) in [5.74, 6) is 1.84. The molecule has 0 aromatic carbocycles. The Morgan fingerprint density at radius 1 is 0.551 bits per heavy atom. The summed E-state index contributed by atoms with van der Waals surface area (Å²) in [4.78, 5) is 130. The number of nitrogens with one attached hydrogen (secondary N) is 1. The zero-order valence-electron chi connectivity index (χ0n) is 80.0. The number of carbonyl (C=O) groups is 4. The predicted octanol–water partition coefficient (Wildman–Crippen LogP) is 0.00870. The molecule has 0 saturated carbocycles. The molecule has 7 aliphatic heterocycles. The number of imidazole rings is 3. The van der Waals surface area contributed by atoms with Crippen molar-refractivity contribution in [2.24, 2.45) is 71.9 Å². The monoisotopic (exact) mass is 1880 g/mol. The summed E-state index contributed by atoms with van der Waals surface area (Å²) in [5, 5.41) is 8.59. The molecule has 0 spiro atoms. The van der Waals surface area contributed by atoms with E-state index in [1.54, 1.807) is 116 Å². The predicted molar refractivity (Wildman–Crippen MR) is 480 cm³/mol. The number of aryl methyl sites for hydroxylation is 6. The van der Waals surface area contributed by atoms with Gasteiger partial charge < -0.3 is 82.8 Å². The Hall–Kier alpha value is -5.57. The number of carbonyl (C=O) groups excluding carboxylic acids is 4. The van der Waals surface area contributed by atoms with Crippen LogP contribution in [0.1, 0.15) is 164 Å². The van der Waals surface area contributed by atoms with Gasteiger partial charge in [0.1, 0.15) is 12.3 Å². The maximum Gasteiger partial charge on any atom is 1.00 e. The molecule has 2 N–H and O–H groups in total. The Morgan fingerprint density at radius 3 is 1.26 bits per heavy atom. The molecule has 716 valence electrons. The number of Topliss-reactive ketones (excluding diaryl/α,β-unsaturated/α-hetero) is 1. The largest absolute Gasteiger partial charge is 1.00 e. The van der Waals surface area contributed by atoms with Crippen LogP contribution in [0.3, 0.4) is 0 Å². The molecule has 0 amide bonds. The van der Waals surface area contributed by atoms with Gasteiger partial charge in [0.25, 0.3) is 16.7 Å². The summed E-state index contributed by atoms with van der Waals surface area (Å²) in [6, 6.07) is 0. The van der Waals surface area contributed by atoms with E-state index in [1.165, 1.54) is 35.6 Å². The van der Waals surface area contributed by atoms with Crippen molar-refractivity contribution >= 4 is 102 Å². The number of ether oxygens (including phenoxy) is 11. The Kier molecular flexibility index (Phi) is 57.6. The maximum atomic E-state index is 12.5. The van der Waals surface area contributed by atoms with E-state index in [-0.39, 0.29) is 167 Å². The molecule has 6 aromatic heterocycles. The smallest absolute Gasteiger partial charge is 1.00 e. The second-order valence-corrected chi connectivity index (χ2v) is 35.7. The topological polar surface area (TPSA) is 456 Å². The van der Waals surface area contributed by atoms with Gasteiger partial charge >= 0.3 is 91.0 Å². The van der Waals surface area contributed by atoms with E-state index < -0.39 is 33.9 Å². The molecule has 7 aliphatic rings. The molecule has 39 nitrogen and oxygen atoms in total. The van der Waals surface area contributed by atoms with E-state index in [9.17, 15) is 60.9 Å². The van der Waals surface area contributed by atoms with Crippen LogP contribution in [-0.2, 0) is 149 Å². The van der Waals surface area contributed by atoms with Crippen molar-refractivity contribution in [3.8, 4) is 0 Å². The number of ketones is 1. The van der Waals surface area contributed by atoms with Gasteiger partial charge in [-0.3, -0.25) is 61.2 Å². The number of hydrogen-bond donors (Lipinski definition) is 2. The first-order valence-electron chi connectivity index (χ1n) is 42.4. The van der Waals surface area contributed by atoms with Crippen molar-refractivity contribution in [3.63, 3.8) is 0 Å². The zero-order chi connectivity index (χ0) is 92.7. The number of halogens is 1. The minimum absolute atomic E-state index is 0. The van der Waals surface area contributed by atoms with Crippen molar-refractivity contribution in [2.75, 3.05) is 112 Å². The molecule has 7 fully saturated rings. The van der Waals surface area contributed by atoms with Gasteiger partial charge in [0.2, 0.25) is 9.05 Å². The number of hydrogen-bond acceptors (Lipinski definition) is 30. The summed E-state index contributed by atoms with van der Waals surface area (Å²) in [7, 11) is 9.87. The van der Waals surface area contributed by atoms with Crippen LogP contribution in [-0.4, -0.2) is 266 Å². The van der Waals surface area contributed by atoms with Crippen LogP contribution in [0, 0.1) is 29.6 Å². The minimum Gasteiger partial charge on any atom is -1.00 e. The molecular formula is C82H143AlClLiN12NaO27PS. The Balaban J connectivity index is -0.00000140. The Bertz CT molecular complexity index is 4790. The van der Waals surface area contributed by atoms with E-state index in [4.69, 9.17) is 61.5 Å².